The van der Waals surface area contributed by atoms with Gasteiger partial charge in [-0.15, -0.1) is 0 Å². The Morgan fingerprint density at radius 3 is 2.45 bits per heavy atom. The monoisotopic (exact) mass is 395 g/mol. The number of fused-ring (bicyclic) bond motifs is 1. The summed E-state index contributed by atoms with van der Waals surface area (Å²) in [5, 5.41) is 13.0. The molecule has 152 valence electrons. The van der Waals surface area contributed by atoms with Gasteiger partial charge in [0.1, 0.15) is 5.82 Å². The van der Waals surface area contributed by atoms with Crippen molar-refractivity contribution in [3.63, 3.8) is 0 Å². The van der Waals surface area contributed by atoms with Gasteiger partial charge in [0.15, 0.2) is 0 Å². The number of anilines is 1. The second-order valence-electron chi connectivity index (χ2n) is 6.91. The molecule has 8 heteroatoms. The largest absolute Gasteiger partial charge is 0.481 e. The van der Waals surface area contributed by atoms with E-state index in [-0.39, 0.29) is 6.03 Å². The van der Waals surface area contributed by atoms with Crippen molar-refractivity contribution in [1.29, 1.82) is 5.26 Å². The number of ether oxygens (including phenoxy) is 2. The Morgan fingerprint density at radius 1 is 1.21 bits per heavy atom. The molecule has 3 rings (SSSR count). The Balaban J connectivity index is 1.99. The molecule has 8 nitrogen and oxygen atoms in total. The predicted molar refractivity (Wildman–Crippen MR) is 108 cm³/mol. The van der Waals surface area contributed by atoms with E-state index in [2.05, 4.69) is 21.4 Å². The molecule has 0 unspecified atom stereocenters. The maximum atomic E-state index is 12.2. The number of urea groups is 1. The average molecular weight is 395 g/mol. The summed E-state index contributed by atoms with van der Waals surface area (Å²) in [6.07, 6.45) is 0.849. The average Bonchev–Trinajstić information content (AvgIpc) is 2.76. The molecule has 1 atom stereocenters. The van der Waals surface area contributed by atoms with Crippen LogP contribution in [0.25, 0.3) is 0 Å². The number of benzene rings is 1. The fourth-order valence-corrected chi connectivity index (χ4v) is 3.48. The molecule has 0 aliphatic carbocycles. The van der Waals surface area contributed by atoms with Crippen LogP contribution in [-0.2, 0) is 18.4 Å². The van der Waals surface area contributed by atoms with E-state index >= 15 is 0 Å². The molecule has 29 heavy (non-hydrogen) atoms. The number of nitrogens with zero attached hydrogens (tertiary/aromatic N) is 4. The van der Waals surface area contributed by atoms with Crippen molar-refractivity contribution in [3.05, 3.63) is 41.2 Å². The summed E-state index contributed by atoms with van der Waals surface area (Å²) < 4.78 is 10.5. The van der Waals surface area contributed by atoms with Crippen LogP contribution in [0.5, 0.6) is 11.8 Å². The lowest BCUT2D eigenvalue weighted by Gasteiger charge is -2.31. The third-order valence-electron chi connectivity index (χ3n) is 5.36. The number of nitriles is 1. The second-order valence-corrected chi connectivity index (χ2v) is 6.91. The molecule has 2 amide bonds. The van der Waals surface area contributed by atoms with E-state index in [9.17, 15) is 10.1 Å². The number of carbonyl (C=O) groups is 1. The van der Waals surface area contributed by atoms with Gasteiger partial charge in [-0.1, -0.05) is 19.1 Å². The van der Waals surface area contributed by atoms with Crippen LogP contribution in [0, 0.1) is 11.3 Å². The van der Waals surface area contributed by atoms with Gasteiger partial charge >= 0.3 is 6.03 Å². The van der Waals surface area contributed by atoms with Crippen LogP contribution in [0.2, 0.25) is 0 Å². The molecule has 2 heterocycles. The van der Waals surface area contributed by atoms with Gasteiger partial charge in [-0.05, 0) is 30.5 Å². The lowest BCUT2D eigenvalue weighted by molar-refractivity contribution is 0.210. The Morgan fingerprint density at radius 2 is 1.90 bits per heavy atom. The summed E-state index contributed by atoms with van der Waals surface area (Å²) in [7, 11) is 3.04. The Kier molecular flexibility index (Phi) is 5.87. The molecule has 0 saturated heterocycles. The van der Waals surface area contributed by atoms with Crippen molar-refractivity contribution in [1.82, 2.24) is 14.9 Å². The van der Waals surface area contributed by atoms with E-state index in [1.807, 2.05) is 32.0 Å². The lowest BCUT2D eigenvalue weighted by atomic mass is 9.76. The maximum Gasteiger partial charge on any atom is 0.322 e. The zero-order valence-electron chi connectivity index (χ0n) is 17.2. The standard InChI is InChI=1S/C21H25N5O3/c1-5-21(13-22,11-17-24-18(28-3)10-19(25-17)29-4)15-8-7-14-12-26(6-2)20(27)23-16(14)9-15/h7-10H,5-6,11-12H2,1-4H3,(H,23,27)/t21-/m0/s1. The second kappa shape index (κ2) is 8.35. The van der Waals surface area contributed by atoms with Gasteiger partial charge in [-0.25, -0.2) is 4.79 Å². The van der Waals surface area contributed by atoms with Crippen molar-refractivity contribution in [2.75, 3.05) is 26.1 Å². The van der Waals surface area contributed by atoms with Gasteiger partial charge in [0.2, 0.25) is 11.8 Å². The molecule has 1 aliphatic heterocycles. The minimum Gasteiger partial charge on any atom is -0.481 e. The van der Waals surface area contributed by atoms with Crippen molar-refractivity contribution >= 4 is 11.7 Å². The van der Waals surface area contributed by atoms with E-state index in [1.165, 1.54) is 14.2 Å². The van der Waals surface area contributed by atoms with Crippen molar-refractivity contribution < 1.29 is 14.3 Å². The highest BCUT2D eigenvalue weighted by molar-refractivity contribution is 5.92. The number of carbonyl (C=O) groups excluding carboxylic acids is 1. The normalized spacial score (nSPS) is 15.0. The van der Waals surface area contributed by atoms with E-state index in [0.29, 0.717) is 43.5 Å². The van der Waals surface area contributed by atoms with Gasteiger partial charge < -0.3 is 19.7 Å². The highest BCUT2D eigenvalue weighted by Crippen LogP contribution is 2.35. The molecule has 0 bridgehead atoms. The SMILES string of the molecule is CCN1Cc2ccc([C@@](C#N)(CC)Cc3nc(OC)cc(OC)n3)cc2NC1=O. The summed E-state index contributed by atoms with van der Waals surface area (Å²) in [6.45, 7) is 5.09. The summed E-state index contributed by atoms with van der Waals surface area (Å²) in [5.74, 6) is 1.22. The minimum absolute atomic E-state index is 0.128. The third-order valence-corrected chi connectivity index (χ3v) is 5.36. The summed E-state index contributed by atoms with van der Waals surface area (Å²) in [5.41, 5.74) is 1.74. The van der Waals surface area contributed by atoms with E-state index in [0.717, 1.165) is 16.8 Å². The molecule has 0 saturated carbocycles. The first kappa shape index (κ1) is 20.4. The zero-order chi connectivity index (χ0) is 21.0. The van der Waals surface area contributed by atoms with Crippen LogP contribution in [0.15, 0.2) is 24.3 Å². The molecule has 0 radical (unpaired) electrons. The van der Waals surface area contributed by atoms with Gasteiger partial charge in [0.25, 0.3) is 0 Å². The zero-order valence-corrected chi connectivity index (χ0v) is 17.2. The molecule has 0 fully saturated rings. The number of rotatable bonds is 7. The first-order chi connectivity index (χ1) is 14.0. The van der Waals surface area contributed by atoms with Gasteiger partial charge in [0, 0.05) is 25.2 Å². The topological polar surface area (TPSA) is 100 Å². The van der Waals surface area contributed by atoms with Gasteiger partial charge in [-0.3, -0.25) is 0 Å². The third kappa shape index (κ3) is 3.94. The molecular weight excluding hydrogens is 370 g/mol. The minimum atomic E-state index is -0.848. The molecule has 1 aromatic carbocycles. The Hall–Kier alpha value is -3.34. The van der Waals surface area contributed by atoms with Gasteiger partial charge in [0.05, 0.1) is 31.8 Å². The number of hydrogen-bond acceptors (Lipinski definition) is 6. The highest BCUT2D eigenvalue weighted by Gasteiger charge is 2.34. The predicted octanol–water partition coefficient (Wildman–Crippen LogP) is 3.28. The number of methoxy groups -OCH3 is 2. The number of amides is 2. The fourth-order valence-electron chi connectivity index (χ4n) is 3.48. The number of hydrogen-bond donors (Lipinski definition) is 1. The Labute approximate surface area is 170 Å². The fraction of sp³-hybridized carbons (Fsp3) is 0.429. The summed E-state index contributed by atoms with van der Waals surface area (Å²) >= 11 is 0. The Bertz CT molecular complexity index is 934. The molecule has 1 aliphatic rings. The van der Waals surface area contributed by atoms with E-state index in [1.54, 1.807) is 11.0 Å². The molecule has 1 N–H and O–H groups in total. The van der Waals surface area contributed by atoms with Crippen LogP contribution in [0.4, 0.5) is 10.5 Å². The maximum absolute atomic E-state index is 12.2. The van der Waals surface area contributed by atoms with Crippen LogP contribution < -0.4 is 14.8 Å². The summed E-state index contributed by atoms with van der Waals surface area (Å²) in [6, 6.07) is 9.74. The number of nitrogens with one attached hydrogen (secondary N) is 1. The lowest BCUT2D eigenvalue weighted by Crippen LogP contribution is -2.38. The van der Waals surface area contributed by atoms with Gasteiger partial charge in [-0.2, -0.15) is 15.2 Å². The van der Waals surface area contributed by atoms with Crippen LogP contribution in [0.3, 0.4) is 0 Å². The smallest absolute Gasteiger partial charge is 0.322 e. The van der Waals surface area contributed by atoms with Crippen molar-refractivity contribution in [2.45, 2.75) is 38.6 Å². The van der Waals surface area contributed by atoms with Crippen LogP contribution in [0.1, 0.15) is 37.2 Å². The molecule has 2 aromatic rings. The van der Waals surface area contributed by atoms with Crippen LogP contribution in [-0.4, -0.2) is 41.7 Å². The highest BCUT2D eigenvalue weighted by atomic mass is 16.5. The van der Waals surface area contributed by atoms with Crippen molar-refractivity contribution in [3.8, 4) is 17.8 Å². The van der Waals surface area contributed by atoms with Crippen LogP contribution >= 0.6 is 0 Å². The number of aromatic nitrogens is 2. The summed E-state index contributed by atoms with van der Waals surface area (Å²) in [4.78, 5) is 22.7. The molecular formula is C21H25N5O3. The first-order valence-corrected chi connectivity index (χ1v) is 9.55. The quantitative estimate of drug-likeness (QED) is 0.772. The van der Waals surface area contributed by atoms with Crippen molar-refractivity contribution in [2.24, 2.45) is 0 Å². The van der Waals surface area contributed by atoms with E-state index < -0.39 is 5.41 Å². The molecule has 1 aromatic heterocycles. The molecule has 0 spiro atoms. The van der Waals surface area contributed by atoms with E-state index in [4.69, 9.17) is 9.47 Å². The first-order valence-electron chi connectivity index (χ1n) is 9.55.